The van der Waals surface area contributed by atoms with Crippen molar-refractivity contribution >= 4 is 39.1 Å². The Balaban J connectivity index is 1.32. The molecule has 2 N–H and O–H groups in total. The van der Waals surface area contributed by atoms with E-state index in [0.29, 0.717) is 37.7 Å². The third kappa shape index (κ3) is 6.14. The topological polar surface area (TPSA) is 134 Å². The smallest absolute Gasteiger partial charge is 0.320 e. The molecule has 3 aromatic rings. The molecule has 1 fully saturated rings. The van der Waals surface area contributed by atoms with Crippen LogP contribution in [-0.4, -0.2) is 66.2 Å². The first-order valence-corrected chi connectivity index (χ1v) is 13.0. The summed E-state index contributed by atoms with van der Waals surface area (Å²) in [5, 5.41) is 13.4. The lowest BCUT2D eigenvalue weighted by Crippen LogP contribution is -2.48. The largest absolute Gasteiger partial charge is 0.399 e. The zero-order valence-corrected chi connectivity index (χ0v) is 21.0. The van der Waals surface area contributed by atoms with Gasteiger partial charge in [0.25, 0.3) is 0 Å². The second-order valence-electron chi connectivity index (χ2n) is 9.37. The summed E-state index contributed by atoms with van der Waals surface area (Å²) in [5.74, 6) is -0.0253. The van der Waals surface area contributed by atoms with Gasteiger partial charge in [0.05, 0.1) is 18.1 Å². The van der Waals surface area contributed by atoms with Crippen LogP contribution >= 0.6 is 0 Å². The van der Waals surface area contributed by atoms with Crippen LogP contribution in [0.1, 0.15) is 37.0 Å². The van der Waals surface area contributed by atoms with Gasteiger partial charge in [0.2, 0.25) is 10.0 Å². The number of aromatic nitrogens is 3. The zero-order valence-electron chi connectivity index (χ0n) is 20.1. The van der Waals surface area contributed by atoms with Gasteiger partial charge in [-0.25, -0.2) is 13.4 Å². The molecule has 0 saturated carbocycles. The standard InChI is InChI=1S/C23H29N7O4S/c1-23(2,3)16-5-7-17(8-6-16)26-22-28-27-21(34-22)20(31)25-18-9-10-19(24-15-18)29-11-13-30(14-12-29)35(4,32)33/h5-10,15H,11-14H2,1-4H3,(H,25,31)(H,26,28). The van der Waals surface area contributed by atoms with E-state index in [1.165, 1.54) is 22.3 Å². The summed E-state index contributed by atoms with van der Waals surface area (Å²) in [6.07, 6.45) is 2.74. The number of anilines is 4. The Bertz CT molecular complexity index is 1270. The summed E-state index contributed by atoms with van der Waals surface area (Å²) in [6.45, 7) is 8.34. The minimum absolute atomic E-state index is 0.0502. The molecule has 1 amide bonds. The van der Waals surface area contributed by atoms with Crippen molar-refractivity contribution in [2.45, 2.75) is 26.2 Å². The molecule has 12 heteroatoms. The number of hydrogen-bond acceptors (Lipinski definition) is 9. The Labute approximate surface area is 204 Å². The van der Waals surface area contributed by atoms with Crippen molar-refractivity contribution < 1.29 is 17.6 Å². The molecule has 11 nitrogen and oxygen atoms in total. The minimum Gasteiger partial charge on any atom is -0.399 e. The molecule has 0 atom stereocenters. The van der Waals surface area contributed by atoms with E-state index in [-0.39, 0.29) is 17.3 Å². The molecule has 1 aromatic carbocycles. The van der Waals surface area contributed by atoms with E-state index >= 15 is 0 Å². The monoisotopic (exact) mass is 499 g/mol. The maximum atomic E-state index is 12.5. The maximum Gasteiger partial charge on any atom is 0.320 e. The SMILES string of the molecule is CC(C)(C)c1ccc(Nc2nnc(C(=O)Nc3ccc(N4CCN(S(C)(=O)=O)CC4)nc3)o2)cc1. The minimum atomic E-state index is -3.19. The number of nitrogens with zero attached hydrogens (tertiary/aromatic N) is 5. The van der Waals surface area contributed by atoms with Crippen LogP contribution in [0.15, 0.2) is 47.0 Å². The van der Waals surface area contributed by atoms with E-state index in [4.69, 9.17) is 4.42 Å². The molecule has 3 heterocycles. The third-order valence-corrected chi connectivity index (χ3v) is 6.96. The van der Waals surface area contributed by atoms with Gasteiger partial charge in [0, 0.05) is 31.9 Å². The Kier molecular flexibility index (Phi) is 6.77. The van der Waals surface area contributed by atoms with Gasteiger partial charge in [-0.1, -0.05) is 38.0 Å². The number of amides is 1. The molecule has 0 radical (unpaired) electrons. The van der Waals surface area contributed by atoms with Crippen LogP contribution in [-0.2, 0) is 15.4 Å². The van der Waals surface area contributed by atoms with Crippen molar-refractivity contribution in [2.24, 2.45) is 0 Å². The van der Waals surface area contributed by atoms with Crippen molar-refractivity contribution in [2.75, 3.05) is 48.0 Å². The van der Waals surface area contributed by atoms with Crippen molar-refractivity contribution in [3.8, 4) is 0 Å². The number of rotatable bonds is 6. The van der Waals surface area contributed by atoms with Crippen molar-refractivity contribution in [3.63, 3.8) is 0 Å². The second kappa shape index (κ2) is 9.62. The van der Waals surface area contributed by atoms with Gasteiger partial charge in [-0.05, 0) is 35.2 Å². The molecular formula is C23H29N7O4S. The summed E-state index contributed by atoms with van der Waals surface area (Å²) in [4.78, 5) is 18.9. The number of sulfonamides is 1. The van der Waals surface area contributed by atoms with Gasteiger partial charge in [-0.3, -0.25) is 4.79 Å². The van der Waals surface area contributed by atoms with Crippen LogP contribution in [0.4, 0.5) is 23.2 Å². The molecule has 0 bridgehead atoms. The number of hydrogen-bond donors (Lipinski definition) is 2. The molecule has 0 aliphatic carbocycles. The van der Waals surface area contributed by atoms with E-state index in [0.717, 1.165) is 5.69 Å². The van der Waals surface area contributed by atoms with Crippen LogP contribution in [0.2, 0.25) is 0 Å². The van der Waals surface area contributed by atoms with Gasteiger partial charge >= 0.3 is 17.8 Å². The zero-order chi connectivity index (χ0) is 25.2. The van der Waals surface area contributed by atoms with Crippen LogP contribution in [0.3, 0.4) is 0 Å². The molecule has 35 heavy (non-hydrogen) atoms. The quantitative estimate of drug-likeness (QED) is 0.525. The van der Waals surface area contributed by atoms with E-state index in [1.54, 1.807) is 12.1 Å². The molecule has 186 valence electrons. The highest BCUT2D eigenvalue weighted by Crippen LogP contribution is 2.25. The molecule has 0 spiro atoms. The Morgan fingerprint density at radius 3 is 2.20 bits per heavy atom. The maximum absolute atomic E-state index is 12.5. The molecule has 0 unspecified atom stereocenters. The van der Waals surface area contributed by atoms with Gasteiger partial charge in [0.1, 0.15) is 5.82 Å². The van der Waals surface area contributed by atoms with Crippen molar-refractivity contribution in [1.29, 1.82) is 0 Å². The average molecular weight is 500 g/mol. The van der Waals surface area contributed by atoms with Crippen LogP contribution in [0.5, 0.6) is 0 Å². The van der Waals surface area contributed by atoms with Gasteiger partial charge in [0.15, 0.2) is 0 Å². The summed E-state index contributed by atoms with van der Waals surface area (Å²) in [7, 11) is -3.19. The number of piperazine rings is 1. The molecule has 4 rings (SSSR count). The van der Waals surface area contributed by atoms with Crippen LogP contribution in [0.25, 0.3) is 0 Å². The summed E-state index contributed by atoms with van der Waals surface area (Å²) < 4.78 is 30.2. The normalized spacial score (nSPS) is 15.1. The first kappa shape index (κ1) is 24.6. The lowest BCUT2D eigenvalue weighted by molar-refractivity contribution is 0.0991. The predicted octanol–water partition coefficient (Wildman–Crippen LogP) is 2.84. The number of carbonyl (C=O) groups is 1. The first-order chi connectivity index (χ1) is 16.5. The molecule has 1 aliphatic heterocycles. The van der Waals surface area contributed by atoms with E-state index in [9.17, 15) is 13.2 Å². The van der Waals surface area contributed by atoms with Gasteiger partial charge in [-0.2, -0.15) is 4.31 Å². The van der Waals surface area contributed by atoms with Crippen molar-refractivity contribution in [3.05, 3.63) is 54.0 Å². The average Bonchev–Trinajstić information content (AvgIpc) is 3.27. The van der Waals surface area contributed by atoms with E-state index in [1.807, 2.05) is 29.2 Å². The highest BCUT2D eigenvalue weighted by atomic mass is 32.2. The summed E-state index contributed by atoms with van der Waals surface area (Å²) in [6, 6.07) is 11.5. The fourth-order valence-corrected chi connectivity index (χ4v) is 4.45. The lowest BCUT2D eigenvalue weighted by Gasteiger charge is -2.33. The Morgan fingerprint density at radius 2 is 1.63 bits per heavy atom. The molecule has 1 saturated heterocycles. The fourth-order valence-electron chi connectivity index (χ4n) is 3.62. The van der Waals surface area contributed by atoms with Crippen molar-refractivity contribution in [1.82, 2.24) is 19.5 Å². The van der Waals surface area contributed by atoms with E-state index in [2.05, 4.69) is 46.6 Å². The summed E-state index contributed by atoms with van der Waals surface area (Å²) in [5.41, 5.74) is 2.49. The van der Waals surface area contributed by atoms with E-state index < -0.39 is 15.9 Å². The van der Waals surface area contributed by atoms with Gasteiger partial charge in [-0.15, -0.1) is 5.10 Å². The summed E-state index contributed by atoms with van der Waals surface area (Å²) >= 11 is 0. The fraction of sp³-hybridized carbons (Fsp3) is 0.391. The lowest BCUT2D eigenvalue weighted by atomic mass is 9.87. The predicted molar refractivity (Wildman–Crippen MR) is 134 cm³/mol. The second-order valence-corrected chi connectivity index (χ2v) is 11.4. The number of benzene rings is 1. The molecule has 1 aliphatic rings. The Hall–Kier alpha value is -3.51. The van der Waals surface area contributed by atoms with Crippen LogP contribution in [0, 0.1) is 0 Å². The molecule has 2 aromatic heterocycles. The first-order valence-electron chi connectivity index (χ1n) is 11.2. The Morgan fingerprint density at radius 1 is 0.971 bits per heavy atom. The van der Waals surface area contributed by atoms with Crippen LogP contribution < -0.4 is 15.5 Å². The number of carbonyl (C=O) groups excluding carboxylic acids is 1. The third-order valence-electron chi connectivity index (χ3n) is 5.66. The van der Waals surface area contributed by atoms with Gasteiger partial charge < -0.3 is 20.0 Å². The number of pyridine rings is 1. The highest BCUT2D eigenvalue weighted by Gasteiger charge is 2.24. The highest BCUT2D eigenvalue weighted by molar-refractivity contribution is 7.88. The molecular weight excluding hydrogens is 470 g/mol. The number of nitrogens with one attached hydrogen (secondary N) is 2.